The molecule has 1 aliphatic carbocycles. The maximum atomic E-state index is 11.9. The van der Waals surface area contributed by atoms with E-state index in [1.54, 1.807) is 6.42 Å². The van der Waals surface area contributed by atoms with E-state index >= 15 is 0 Å². The van der Waals surface area contributed by atoms with E-state index in [4.69, 9.17) is 0 Å². The van der Waals surface area contributed by atoms with Gasteiger partial charge in [0.05, 0.1) is 0 Å². The highest BCUT2D eigenvalue weighted by Gasteiger charge is 2.32. The van der Waals surface area contributed by atoms with Crippen molar-refractivity contribution in [3.8, 4) is 0 Å². The molecule has 0 nitrogen and oxygen atoms in total. The Labute approximate surface area is 41.5 Å². The average molecular weight is 105 g/mol. The van der Waals surface area contributed by atoms with Crippen LogP contribution in [0.3, 0.4) is 0 Å². The molecule has 0 N–H and O–H groups in total. The highest BCUT2D eigenvalue weighted by molar-refractivity contribution is 4.85. The predicted molar refractivity (Wildman–Crippen MR) is 23.1 cm³/mol. The van der Waals surface area contributed by atoms with Gasteiger partial charge in [-0.3, -0.25) is 0 Å². The molecule has 7 heavy (non-hydrogen) atoms. The van der Waals surface area contributed by atoms with E-state index in [1.807, 2.05) is 0 Å². The number of halogens is 2. The molecule has 0 spiro atoms. The van der Waals surface area contributed by atoms with E-state index in [1.165, 1.54) is 0 Å². The molecule has 1 saturated carbocycles. The molecular formula is C5H7F2. The lowest BCUT2D eigenvalue weighted by Crippen LogP contribution is -2.06. The summed E-state index contributed by atoms with van der Waals surface area (Å²) in [6.07, 6.45) is 2.28. The number of hydrogen-bond donors (Lipinski definition) is 0. The van der Waals surface area contributed by atoms with Crippen LogP contribution in [0, 0.1) is 6.42 Å². The first-order valence-corrected chi connectivity index (χ1v) is 2.40. The molecule has 0 aromatic carbocycles. The van der Waals surface area contributed by atoms with E-state index < -0.39 is 5.92 Å². The van der Waals surface area contributed by atoms with Gasteiger partial charge < -0.3 is 0 Å². The Morgan fingerprint density at radius 1 is 1.43 bits per heavy atom. The SMILES string of the molecule is FC1(F)C[CH]CC1. The van der Waals surface area contributed by atoms with Crippen molar-refractivity contribution in [2.75, 3.05) is 0 Å². The molecule has 0 heterocycles. The van der Waals surface area contributed by atoms with Crippen molar-refractivity contribution in [3.05, 3.63) is 6.42 Å². The fourth-order valence-electron chi connectivity index (χ4n) is 0.729. The largest absolute Gasteiger partial charge is 0.248 e. The number of alkyl halides is 2. The lowest BCUT2D eigenvalue weighted by atomic mass is 10.3. The van der Waals surface area contributed by atoms with Crippen LogP contribution < -0.4 is 0 Å². The molecule has 1 radical (unpaired) electrons. The second kappa shape index (κ2) is 1.42. The van der Waals surface area contributed by atoms with E-state index in [9.17, 15) is 8.78 Å². The van der Waals surface area contributed by atoms with Gasteiger partial charge >= 0.3 is 0 Å². The van der Waals surface area contributed by atoms with Crippen LogP contribution in [0.1, 0.15) is 19.3 Å². The fourth-order valence-corrected chi connectivity index (χ4v) is 0.729. The molecule has 1 rings (SSSR count). The summed E-state index contributed by atoms with van der Waals surface area (Å²) in [6, 6.07) is 0. The van der Waals surface area contributed by atoms with Gasteiger partial charge in [-0.15, -0.1) is 0 Å². The first-order valence-electron chi connectivity index (χ1n) is 2.40. The van der Waals surface area contributed by atoms with E-state index in [2.05, 4.69) is 0 Å². The molecule has 1 aliphatic rings. The minimum Gasteiger partial charge on any atom is -0.207 e. The topological polar surface area (TPSA) is 0 Å². The van der Waals surface area contributed by atoms with Crippen molar-refractivity contribution in [1.29, 1.82) is 0 Å². The van der Waals surface area contributed by atoms with Gasteiger partial charge in [0.15, 0.2) is 0 Å². The minimum absolute atomic E-state index is 0.00694. The Hall–Kier alpha value is -0.140. The van der Waals surface area contributed by atoms with Gasteiger partial charge in [0.1, 0.15) is 0 Å². The van der Waals surface area contributed by atoms with Crippen LogP contribution in [0.15, 0.2) is 0 Å². The summed E-state index contributed by atoms with van der Waals surface area (Å²) in [6.45, 7) is 0. The third-order valence-electron chi connectivity index (χ3n) is 1.16. The average Bonchev–Trinajstić information content (AvgIpc) is 1.84. The van der Waals surface area contributed by atoms with E-state index in [0.29, 0.717) is 6.42 Å². The molecule has 0 amide bonds. The van der Waals surface area contributed by atoms with Crippen molar-refractivity contribution >= 4 is 0 Å². The van der Waals surface area contributed by atoms with Gasteiger partial charge in [-0.1, -0.05) is 0 Å². The molecule has 0 bridgehead atoms. The number of rotatable bonds is 0. The van der Waals surface area contributed by atoms with Gasteiger partial charge in [-0.05, 0) is 12.8 Å². The lowest BCUT2D eigenvalue weighted by molar-refractivity contribution is 0.0121. The highest BCUT2D eigenvalue weighted by atomic mass is 19.3. The second-order valence-electron chi connectivity index (χ2n) is 1.89. The molecule has 0 aromatic heterocycles. The molecule has 0 aliphatic heterocycles. The van der Waals surface area contributed by atoms with Crippen molar-refractivity contribution in [2.45, 2.75) is 25.2 Å². The van der Waals surface area contributed by atoms with Crippen molar-refractivity contribution in [2.24, 2.45) is 0 Å². The summed E-state index contributed by atoms with van der Waals surface area (Å²) in [4.78, 5) is 0. The standard InChI is InChI=1S/C5H7F2/c6-5(7)3-1-2-4-5/h1H,2-4H2. The maximum Gasteiger partial charge on any atom is 0.248 e. The van der Waals surface area contributed by atoms with Gasteiger partial charge in [0.2, 0.25) is 5.92 Å². The monoisotopic (exact) mass is 105 g/mol. The summed E-state index contributed by atoms with van der Waals surface area (Å²) in [7, 11) is 0. The fraction of sp³-hybridized carbons (Fsp3) is 0.800. The first kappa shape index (κ1) is 5.01. The summed E-state index contributed by atoms with van der Waals surface area (Å²) in [5, 5.41) is 0. The Morgan fingerprint density at radius 3 is 2.29 bits per heavy atom. The maximum absolute atomic E-state index is 11.9. The zero-order valence-corrected chi connectivity index (χ0v) is 3.95. The van der Waals surface area contributed by atoms with Gasteiger partial charge in [-0.25, -0.2) is 8.78 Å². The molecule has 0 unspecified atom stereocenters. The third-order valence-corrected chi connectivity index (χ3v) is 1.16. The Kier molecular flexibility index (Phi) is 1.02. The smallest absolute Gasteiger partial charge is 0.207 e. The van der Waals surface area contributed by atoms with Crippen LogP contribution in [0.5, 0.6) is 0 Å². The summed E-state index contributed by atoms with van der Waals surface area (Å²) in [5.74, 6) is -2.36. The van der Waals surface area contributed by atoms with Gasteiger partial charge in [0.25, 0.3) is 0 Å². The van der Waals surface area contributed by atoms with Crippen molar-refractivity contribution in [1.82, 2.24) is 0 Å². The number of hydrogen-bond acceptors (Lipinski definition) is 0. The Bertz CT molecular complexity index is 60.5. The molecule has 0 saturated heterocycles. The first-order chi connectivity index (χ1) is 3.21. The third kappa shape index (κ3) is 1.11. The Morgan fingerprint density at radius 2 is 2.14 bits per heavy atom. The van der Waals surface area contributed by atoms with Crippen LogP contribution in [0.25, 0.3) is 0 Å². The van der Waals surface area contributed by atoms with Crippen LogP contribution in [0.4, 0.5) is 8.78 Å². The summed E-state index contributed by atoms with van der Waals surface area (Å²) >= 11 is 0. The zero-order chi connectivity index (χ0) is 5.33. The van der Waals surface area contributed by atoms with Crippen molar-refractivity contribution in [3.63, 3.8) is 0 Å². The molecule has 2 heteroatoms. The van der Waals surface area contributed by atoms with Crippen LogP contribution in [0.2, 0.25) is 0 Å². The van der Waals surface area contributed by atoms with Crippen molar-refractivity contribution < 1.29 is 8.78 Å². The predicted octanol–water partition coefficient (Wildman–Crippen LogP) is 2.01. The molecular weight excluding hydrogens is 98.1 g/mol. The molecule has 0 aromatic rings. The molecule has 0 atom stereocenters. The van der Waals surface area contributed by atoms with Gasteiger partial charge in [-0.2, -0.15) is 0 Å². The Balaban J connectivity index is 2.40. The zero-order valence-electron chi connectivity index (χ0n) is 3.95. The highest BCUT2D eigenvalue weighted by Crippen LogP contribution is 2.33. The lowest BCUT2D eigenvalue weighted by Gasteiger charge is -2.02. The second-order valence-corrected chi connectivity index (χ2v) is 1.89. The van der Waals surface area contributed by atoms with E-state index in [-0.39, 0.29) is 12.8 Å². The quantitative estimate of drug-likeness (QED) is 0.442. The summed E-state index contributed by atoms with van der Waals surface area (Å²) in [5.41, 5.74) is 0. The van der Waals surface area contributed by atoms with Gasteiger partial charge in [0, 0.05) is 12.8 Å². The molecule has 41 valence electrons. The normalized spacial score (nSPS) is 28.3. The molecule has 1 fully saturated rings. The summed E-state index contributed by atoms with van der Waals surface area (Å²) < 4.78 is 23.8. The minimum atomic E-state index is -2.36. The van der Waals surface area contributed by atoms with Crippen LogP contribution in [-0.4, -0.2) is 5.92 Å². The van der Waals surface area contributed by atoms with E-state index in [0.717, 1.165) is 0 Å². The van der Waals surface area contributed by atoms with Crippen LogP contribution in [-0.2, 0) is 0 Å². The van der Waals surface area contributed by atoms with Crippen LogP contribution >= 0.6 is 0 Å².